The number of ether oxygens (including phenoxy) is 1. The van der Waals surface area contributed by atoms with Gasteiger partial charge in [-0.05, 0) is 37.8 Å². The first-order chi connectivity index (χ1) is 10.4. The third-order valence-corrected chi connectivity index (χ3v) is 5.02. The van der Waals surface area contributed by atoms with Crippen molar-refractivity contribution in [3.63, 3.8) is 0 Å². The van der Waals surface area contributed by atoms with Gasteiger partial charge in [0, 0.05) is 6.54 Å². The van der Waals surface area contributed by atoms with E-state index in [-0.39, 0.29) is 11.5 Å². The van der Waals surface area contributed by atoms with Gasteiger partial charge in [0.1, 0.15) is 5.60 Å². The minimum atomic E-state index is -3.12. The molecule has 0 saturated carbocycles. The lowest BCUT2D eigenvalue weighted by atomic mass is 9.83. The molecule has 8 heteroatoms. The van der Waals surface area contributed by atoms with Gasteiger partial charge in [0.2, 0.25) is 10.0 Å². The molecule has 2 saturated heterocycles. The number of rotatable bonds is 4. The zero-order valence-electron chi connectivity index (χ0n) is 12.9. The molecule has 1 N–H and O–H groups in total. The third kappa shape index (κ3) is 3.56. The summed E-state index contributed by atoms with van der Waals surface area (Å²) in [5.74, 6) is 1.15. The molecule has 1 atom stereocenters. The Morgan fingerprint density at radius 1 is 1.41 bits per heavy atom. The number of nitrogens with zero attached hydrogens (tertiary/aromatic N) is 3. The van der Waals surface area contributed by atoms with Gasteiger partial charge < -0.3 is 9.64 Å². The molecule has 2 fully saturated rings. The van der Waals surface area contributed by atoms with Crippen LogP contribution in [0.2, 0.25) is 0 Å². The van der Waals surface area contributed by atoms with E-state index < -0.39 is 10.0 Å². The largest absolute Gasteiger partial charge is 0.371 e. The summed E-state index contributed by atoms with van der Waals surface area (Å²) in [5.41, 5.74) is 0.822. The molecular weight excluding hydrogens is 304 g/mol. The third-order valence-electron chi connectivity index (χ3n) is 4.33. The van der Waals surface area contributed by atoms with Crippen molar-refractivity contribution in [2.24, 2.45) is 5.92 Å². The number of hydrogen-bond acceptors (Lipinski definition) is 6. The number of aryl methyl sites for hydroxylation is 1. The molecule has 0 aliphatic carbocycles. The molecule has 0 unspecified atom stereocenters. The Bertz CT molecular complexity index is 616. The minimum absolute atomic E-state index is 0.0891. The lowest BCUT2D eigenvalue weighted by Crippen LogP contribution is -2.65. The maximum atomic E-state index is 11.1. The van der Waals surface area contributed by atoms with Crippen LogP contribution in [0.5, 0.6) is 0 Å². The van der Waals surface area contributed by atoms with Crippen molar-refractivity contribution in [2.75, 3.05) is 37.4 Å². The van der Waals surface area contributed by atoms with Crippen LogP contribution in [0, 0.1) is 12.8 Å². The highest BCUT2D eigenvalue weighted by Crippen LogP contribution is 2.37. The molecule has 1 aromatic rings. The van der Waals surface area contributed by atoms with Gasteiger partial charge >= 0.3 is 0 Å². The first-order valence-electron chi connectivity index (χ1n) is 7.49. The van der Waals surface area contributed by atoms with Crippen molar-refractivity contribution in [2.45, 2.75) is 25.4 Å². The van der Waals surface area contributed by atoms with E-state index in [4.69, 9.17) is 4.74 Å². The van der Waals surface area contributed by atoms with Crippen LogP contribution >= 0.6 is 0 Å². The molecule has 0 amide bonds. The SMILES string of the molecule is Cc1ccc(N2CC3(CC[C@@H](CNS(C)(=O)=O)CO3)C2)nn1. The molecular formula is C14H22N4O3S. The lowest BCUT2D eigenvalue weighted by molar-refractivity contribution is -0.114. The van der Waals surface area contributed by atoms with Crippen LogP contribution in [0.25, 0.3) is 0 Å². The molecule has 7 nitrogen and oxygen atoms in total. The molecule has 0 aromatic carbocycles. The van der Waals surface area contributed by atoms with Crippen LogP contribution in [0.1, 0.15) is 18.5 Å². The second-order valence-corrected chi connectivity index (χ2v) is 8.24. The smallest absolute Gasteiger partial charge is 0.208 e. The summed E-state index contributed by atoms with van der Waals surface area (Å²) in [6.45, 7) is 4.65. The highest BCUT2D eigenvalue weighted by molar-refractivity contribution is 7.88. The summed E-state index contributed by atoms with van der Waals surface area (Å²) in [4.78, 5) is 2.17. The molecule has 0 radical (unpaired) electrons. The fraction of sp³-hybridized carbons (Fsp3) is 0.714. The van der Waals surface area contributed by atoms with Crippen LogP contribution in [0.3, 0.4) is 0 Å². The fourth-order valence-corrected chi connectivity index (χ4v) is 3.51. The fourth-order valence-electron chi connectivity index (χ4n) is 2.97. The molecule has 22 heavy (non-hydrogen) atoms. The number of hydrogen-bond donors (Lipinski definition) is 1. The van der Waals surface area contributed by atoms with E-state index in [9.17, 15) is 8.42 Å². The Hall–Kier alpha value is -1.25. The molecule has 3 rings (SSSR count). The summed E-state index contributed by atoms with van der Waals surface area (Å²) in [6, 6.07) is 3.94. The van der Waals surface area contributed by atoms with E-state index >= 15 is 0 Å². The monoisotopic (exact) mass is 326 g/mol. The number of anilines is 1. The van der Waals surface area contributed by atoms with Gasteiger partial charge in [0.15, 0.2) is 5.82 Å². The maximum absolute atomic E-state index is 11.1. The van der Waals surface area contributed by atoms with Crippen LogP contribution in [-0.4, -0.2) is 56.7 Å². The summed E-state index contributed by atoms with van der Waals surface area (Å²) in [7, 11) is -3.12. The lowest BCUT2D eigenvalue weighted by Gasteiger charge is -2.53. The van der Waals surface area contributed by atoms with Crippen LogP contribution < -0.4 is 9.62 Å². The van der Waals surface area contributed by atoms with E-state index in [0.29, 0.717) is 13.2 Å². The van der Waals surface area contributed by atoms with Crippen LogP contribution in [-0.2, 0) is 14.8 Å². The van der Waals surface area contributed by atoms with Gasteiger partial charge in [-0.15, -0.1) is 5.10 Å². The van der Waals surface area contributed by atoms with Crippen molar-refractivity contribution in [1.29, 1.82) is 0 Å². The van der Waals surface area contributed by atoms with Gasteiger partial charge in [-0.25, -0.2) is 13.1 Å². The normalized spacial score (nSPS) is 24.3. The number of sulfonamides is 1. The van der Waals surface area contributed by atoms with Gasteiger partial charge in [0.25, 0.3) is 0 Å². The molecule has 2 aliphatic rings. The quantitative estimate of drug-likeness (QED) is 0.858. The highest BCUT2D eigenvalue weighted by Gasteiger charge is 2.47. The second kappa shape index (κ2) is 5.75. The molecule has 1 spiro atoms. The van der Waals surface area contributed by atoms with Crippen molar-refractivity contribution in [3.8, 4) is 0 Å². The molecule has 2 aliphatic heterocycles. The zero-order valence-corrected chi connectivity index (χ0v) is 13.8. The Labute approximate surface area is 131 Å². The van der Waals surface area contributed by atoms with Gasteiger partial charge in [-0.1, -0.05) is 0 Å². The van der Waals surface area contributed by atoms with E-state index in [0.717, 1.165) is 37.4 Å². The maximum Gasteiger partial charge on any atom is 0.208 e. The zero-order chi connectivity index (χ0) is 15.8. The minimum Gasteiger partial charge on any atom is -0.371 e. The Kier molecular flexibility index (Phi) is 4.09. The second-order valence-electron chi connectivity index (χ2n) is 6.41. The molecule has 3 heterocycles. The van der Waals surface area contributed by atoms with Gasteiger partial charge in [-0.3, -0.25) is 0 Å². The van der Waals surface area contributed by atoms with E-state index in [1.54, 1.807) is 0 Å². The van der Waals surface area contributed by atoms with Crippen LogP contribution in [0.4, 0.5) is 5.82 Å². The van der Waals surface area contributed by atoms with Gasteiger partial charge in [-0.2, -0.15) is 5.10 Å². The summed E-state index contributed by atoms with van der Waals surface area (Å²) in [5, 5.41) is 8.27. The van der Waals surface area contributed by atoms with E-state index in [1.165, 1.54) is 6.26 Å². The average molecular weight is 326 g/mol. The first-order valence-corrected chi connectivity index (χ1v) is 9.38. The summed E-state index contributed by atoms with van der Waals surface area (Å²) < 4.78 is 30.8. The molecule has 0 bridgehead atoms. The van der Waals surface area contributed by atoms with Crippen molar-refractivity contribution >= 4 is 15.8 Å². The number of nitrogens with one attached hydrogen (secondary N) is 1. The topological polar surface area (TPSA) is 84.4 Å². The van der Waals surface area contributed by atoms with Crippen molar-refractivity contribution in [3.05, 3.63) is 17.8 Å². The Morgan fingerprint density at radius 3 is 2.73 bits per heavy atom. The van der Waals surface area contributed by atoms with Crippen LogP contribution in [0.15, 0.2) is 12.1 Å². The standard InChI is InChI=1S/C14H22N4O3S/c1-11-3-4-13(17-16-11)18-9-14(10-18)6-5-12(8-21-14)7-15-22(2,19)20/h3-4,12,15H,5-10H2,1-2H3/t12-/m0/s1. The van der Waals surface area contributed by atoms with Gasteiger partial charge in [0.05, 0.1) is 31.6 Å². The molecule has 1 aromatic heterocycles. The van der Waals surface area contributed by atoms with E-state index in [2.05, 4.69) is 19.8 Å². The Balaban J connectivity index is 1.48. The predicted molar refractivity (Wildman–Crippen MR) is 83.2 cm³/mol. The Morgan fingerprint density at radius 2 is 2.18 bits per heavy atom. The average Bonchev–Trinajstić information content (AvgIpc) is 2.44. The number of aromatic nitrogens is 2. The van der Waals surface area contributed by atoms with Crippen molar-refractivity contribution < 1.29 is 13.2 Å². The van der Waals surface area contributed by atoms with Crippen molar-refractivity contribution in [1.82, 2.24) is 14.9 Å². The predicted octanol–water partition coefficient (Wildman–Crippen LogP) is 0.320. The highest BCUT2D eigenvalue weighted by atomic mass is 32.2. The van der Waals surface area contributed by atoms with E-state index in [1.807, 2.05) is 19.1 Å². The molecule has 122 valence electrons. The summed E-state index contributed by atoms with van der Waals surface area (Å²) >= 11 is 0. The summed E-state index contributed by atoms with van der Waals surface area (Å²) in [6.07, 6.45) is 3.12. The first kappa shape index (κ1) is 15.6.